The summed E-state index contributed by atoms with van der Waals surface area (Å²) in [6, 6.07) is 11.3. The first-order valence-electron chi connectivity index (χ1n) is 8.48. The van der Waals surface area contributed by atoms with Gasteiger partial charge in [-0.05, 0) is 31.2 Å². The fraction of sp³-hybridized carbons (Fsp3) is 0.333. The van der Waals surface area contributed by atoms with Gasteiger partial charge in [0.05, 0.1) is 5.92 Å². The summed E-state index contributed by atoms with van der Waals surface area (Å²) in [6.45, 7) is 2.92. The highest BCUT2D eigenvalue weighted by Gasteiger charge is 2.33. The zero-order chi connectivity index (χ0) is 18.1. The number of aryl methyl sites for hydroxylation is 1. The number of nitrogens with zero attached hydrogens (tertiary/aromatic N) is 3. The second-order valence-electron chi connectivity index (χ2n) is 6.46. The molecule has 1 atom stereocenters. The molecule has 1 unspecified atom stereocenters. The Morgan fingerprint density at radius 2 is 2.04 bits per heavy atom. The fourth-order valence-corrected chi connectivity index (χ4v) is 5.79. The fourth-order valence-electron chi connectivity index (χ4n) is 3.12. The van der Waals surface area contributed by atoms with Crippen molar-refractivity contribution in [2.24, 2.45) is 0 Å². The van der Waals surface area contributed by atoms with Crippen molar-refractivity contribution in [1.82, 2.24) is 14.4 Å². The molecule has 0 spiro atoms. The third kappa shape index (κ3) is 3.32. The van der Waals surface area contributed by atoms with Gasteiger partial charge in [-0.1, -0.05) is 41.1 Å². The number of piperidine rings is 1. The number of hydrogen-bond acceptors (Lipinski definition) is 6. The van der Waals surface area contributed by atoms with E-state index in [-0.39, 0.29) is 5.92 Å². The first-order valence-corrected chi connectivity index (χ1v) is 10.8. The number of sulfonamides is 1. The van der Waals surface area contributed by atoms with Crippen LogP contribution in [-0.4, -0.2) is 36.0 Å². The second kappa shape index (κ2) is 6.94. The molecular weight excluding hydrogens is 370 g/mol. The number of thiophene rings is 1. The van der Waals surface area contributed by atoms with Crippen LogP contribution in [0.2, 0.25) is 0 Å². The minimum absolute atomic E-state index is 0.0785. The molecule has 2 aromatic heterocycles. The van der Waals surface area contributed by atoms with Crippen LogP contribution in [0.4, 0.5) is 0 Å². The Morgan fingerprint density at radius 3 is 2.77 bits per heavy atom. The molecule has 3 heterocycles. The van der Waals surface area contributed by atoms with Gasteiger partial charge in [-0.25, -0.2) is 8.42 Å². The molecule has 0 bridgehead atoms. The largest absolute Gasteiger partial charge is 0.339 e. The number of rotatable bonds is 4. The highest BCUT2D eigenvalue weighted by atomic mass is 32.2. The first kappa shape index (κ1) is 17.4. The van der Waals surface area contributed by atoms with Gasteiger partial charge in [0.2, 0.25) is 11.7 Å². The Bertz CT molecular complexity index is 979. The van der Waals surface area contributed by atoms with Crippen LogP contribution in [0.3, 0.4) is 0 Å². The van der Waals surface area contributed by atoms with Crippen molar-refractivity contribution in [2.75, 3.05) is 13.1 Å². The van der Waals surface area contributed by atoms with Crippen LogP contribution in [0.25, 0.3) is 11.4 Å². The topological polar surface area (TPSA) is 76.3 Å². The molecule has 0 N–H and O–H groups in total. The minimum atomic E-state index is -3.45. The lowest BCUT2D eigenvalue weighted by atomic mass is 10.00. The maximum atomic E-state index is 12.8. The van der Waals surface area contributed by atoms with E-state index >= 15 is 0 Å². The van der Waals surface area contributed by atoms with E-state index in [1.165, 1.54) is 21.2 Å². The van der Waals surface area contributed by atoms with Crippen LogP contribution in [0.15, 0.2) is 50.5 Å². The van der Waals surface area contributed by atoms with Crippen LogP contribution >= 0.6 is 11.3 Å². The quantitative estimate of drug-likeness (QED) is 0.680. The second-order valence-corrected chi connectivity index (χ2v) is 9.57. The molecule has 1 saturated heterocycles. The van der Waals surface area contributed by atoms with Gasteiger partial charge >= 0.3 is 0 Å². The molecule has 0 amide bonds. The van der Waals surface area contributed by atoms with Crippen molar-refractivity contribution in [3.05, 3.63) is 53.2 Å². The third-order valence-corrected chi connectivity index (χ3v) is 7.81. The van der Waals surface area contributed by atoms with Gasteiger partial charge in [0, 0.05) is 18.7 Å². The maximum Gasteiger partial charge on any atom is 0.252 e. The normalized spacial score (nSPS) is 18.9. The SMILES string of the molecule is Cc1ccc(-c2noc(C3CCCN(S(=O)(=O)c4cccs4)C3)n2)cc1. The molecule has 4 rings (SSSR count). The summed E-state index contributed by atoms with van der Waals surface area (Å²) < 4.78 is 32.9. The third-order valence-electron chi connectivity index (χ3n) is 4.57. The predicted molar refractivity (Wildman–Crippen MR) is 99.5 cm³/mol. The monoisotopic (exact) mass is 389 g/mol. The van der Waals surface area contributed by atoms with E-state index in [1.54, 1.807) is 17.5 Å². The number of aromatic nitrogens is 2. The molecule has 1 aliphatic rings. The average Bonchev–Trinajstić information content (AvgIpc) is 3.35. The number of benzene rings is 1. The Balaban J connectivity index is 1.54. The van der Waals surface area contributed by atoms with Crippen molar-refractivity contribution >= 4 is 21.4 Å². The molecule has 0 aliphatic carbocycles. The Labute approximate surface area is 156 Å². The lowest BCUT2D eigenvalue weighted by Crippen LogP contribution is -2.38. The molecule has 1 aliphatic heterocycles. The molecule has 1 aromatic carbocycles. The summed E-state index contributed by atoms with van der Waals surface area (Å²) in [5, 5.41) is 5.85. The standard InChI is InChI=1S/C18H19N3O3S2/c1-13-6-8-14(9-7-13)17-19-18(24-20-17)15-4-2-10-21(12-15)26(22,23)16-5-3-11-25-16/h3,5-9,11,15H,2,4,10,12H2,1H3. The molecule has 6 nitrogen and oxygen atoms in total. The Kier molecular flexibility index (Phi) is 4.64. The zero-order valence-electron chi connectivity index (χ0n) is 14.3. The molecule has 3 aromatic rings. The van der Waals surface area contributed by atoms with Crippen molar-refractivity contribution in [3.63, 3.8) is 0 Å². The van der Waals surface area contributed by atoms with Crippen LogP contribution in [-0.2, 0) is 10.0 Å². The molecule has 0 radical (unpaired) electrons. The van der Waals surface area contributed by atoms with Crippen LogP contribution in [0.5, 0.6) is 0 Å². The van der Waals surface area contributed by atoms with E-state index in [9.17, 15) is 8.42 Å². The molecule has 1 fully saturated rings. The maximum absolute atomic E-state index is 12.8. The van der Waals surface area contributed by atoms with Crippen LogP contribution < -0.4 is 0 Å². The molecule has 0 saturated carbocycles. The van der Waals surface area contributed by atoms with Gasteiger partial charge in [-0.15, -0.1) is 11.3 Å². The van der Waals surface area contributed by atoms with E-state index in [2.05, 4.69) is 10.1 Å². The van der Waals surface area contributed by atoms with Crippen molar-refractivity contribution in [1.29, 1.82) is 0 Å². The van der Waals surface area contributed by atoms with E-state index in [1.807, 2.05) is 31.2 Å². The van der Waals surface area contributed by atoms with Gasteiger partial charge in [-0.2, -0.15) is 9.29 Å². The lowest BCUT2D eigenvalue weighted by molar-refractivity contribution is 0.266. The number of hydrogen-bond donors (Lipinski definition) is 0. The van der Waals surface area contributed by atoms with E-state index in [4.69, 9.17) is 4.52 Å². The van der Waals surface area contributed by atoms with Gasteiger partial charge in [-0.3, -0.25) is 0 Å². The summed E-state index contributed by atoms with van der Waals surface area (Å²) in [6.07, 6.45) is 1.61. The van der Waals surface area contributed by atoms with E-state index in [0.29, 0.717) is 29.0 Å². The van der Waals surface area contributed by atoms with Crippen molar-refractivity contribution < 1.29 is 12.9 Å². The molecule has 8 heteroatoms. The Morgan fingerprint density at radius 1 is 1.23 bits per heavy atom. The van der Waals surface area contributed by atoms with Gasteiger partial charge in [0.15, 0.2) is 0 Å². The van der Waals surface area contributed by atoms with Crippen molar-refractivity contribution in [2.45, 2.75) is 29.9 Å². The summed E-state index contributed by atoms with van der Waals surface area (Å²) in [7, 11) is -3.45. The summed E-state index contributed by atoms with van der Waals surface area (Å²) in [5.74, 6) is 0.968. The summed E-state index contributed by atoms with van der Waals surface area (Å²) in [4.78, 5) is 4.52. The smallest absolute Gasteiger partial charge is 0.252 e. The Hall–Kier alpha value is -2.03. The minimum Gasteiger partial charge on any atom is -0.339 e. The highest BCUT2D eigenvalue weighted by molar-refractivity contribution is 7.91. The average molecular weight is 390 g/mol. The van der Waals surface area contributed by atoms with Gasteiger partial charge in [0.1, 0.15) is 4.21 Å². The van der Waals surface area contributed by atoms with Crippen molar-refractivity contribution in [3.8, 4) is 11.4 Å². The van der Waals surface area contributed by atoms with Gasteiger partial charge in [0.25, 0.3) is 10.0 Å². The van der Waals surface area contributed by atoms with E-state index < -0.39 is 10.0 Å². The molecule has 136 valence electrons. The summed E-state index contributed by atoms with van der Waals surface area (Å²) >= 11 is 1.24. The molecule has 26 heavy (non-hydrogen) atoms. The predicted octanol–water partition coefficient (Wildman–Crippen LogP) is 3.67. The lowest BCUT2D eigenvalue weighted by Gasteiger charge is -2.29. The highest BCUT2D eigenvalue weighted by Crippen LogP contribution is 2.31. The summed E-state index contributed by atoms with van der Waals surface area (Å²) in [5.41, 5.74) is 2.06. The van der Waals surface area contributed by atoms with Crippen LogP contribution in [0, 0.1) is 6.92 Å². The van der Waals surface area contributed by atoms with E-state index in [0.717, 1.165) is 18.4 Å². The van der Waals surface area contributed by atoms with Crippen LogP contribution in [0.1, 0.15) is 30.2 Å². The first-order chi connectivity index (χ1) is 12.5. The van der Waals surface area contributed by atoms with Gasteiger partial charge < -0.3 is 4.52 Å². The molecular formula is C18H19N3O3S2. The zero-order valence-corrected chi connectivity index (χ0v) is 16.0.